The number of ether oxygens (including phenoxy) is 4. The molecule has 3 aromatic rings. The molecule has 10 fully saturated rings. The van der Waals surface area contributed by atoms with Crippen molar-refractivity contribution in [3.8, 4) is 17.2 Å². The van der Waals surface area contributed by atoms with Gasteiger partial charge in [-0.2, -0.15) is 9.78 Å². The van der Waals surface area contributed by atoms with Gasteiger partial charge in [0.15, 0.2) is 0 Å². The van der Waals surface area contributed by atoms with Crippen LogP contribution in [-0.4, -0.2) is 37.0 Å². The summed E-state index contributed by atoms with van der Waals surface area (Å²) in [5.74, 6) is 7.50. The van der Waals surface area contributed by atoms with Gasteiger partial charge in [0, 0.05) is 29.6 Å². The Morgan fingerprint density at radius 3 is 1.44 bits per heavy atom. The topological polar surface area (TPSA) is 73.8 Å². The summed E-state index contributed by atoms with van der Waals surface area (Å²) < 4.78 is 26.1. The first-order valence-electron chi connectivity index (χ1n) is 22.5. The average Bonchev–Trinajstić information content (AvgIpc) is 3.25. The van der Waals surface area contributed by atoms with Crippen LogP contribution in [0.4, 0.5) is 0 Å². The van der Waals surface area contributed by atoms with Crippen molar-refractivity contribution in [1.29, 1.82) is 0 Å². The summed E-state index contributed by atoms with van der Waals surface area (Å²) >= 11 is 0. The van der Waals surface area contributed by atoms with Crippen LogP contribution in [0.2, 0.25) is 0 Å². The van der Waals surface area contributed by atoms with E-state index in [1.165, 1.54) is 69.8 Å². The van der Waals surface area contributed by atoms with Crippen LogP contribution >= 0.6 is 0 Å². The van der Waals surface area contributed by atoms with Gasteiger partial charge in [0.2, 0.25) is 11.6 Å². The van der Waals surface area contributed by atoms with Crippen molar-refractivity contribution >= 4 is 17.2 Å². The van der Waals surface area contributed by atoms with Crippen LogP contribution in [0, 0.1) is 53.3 Å². The van der Waals surface area contributed by atoms with E-state index < -0.39 is 11.6 Å². The quantitative estimate of drug-likeness (QED) is 0.209. The van der Waals surface area contributed by atoms with Crippen molar-refractivity contribution in [1.82, 2.24) is 0 Å². The Morgan fingerprint density at radius 1 is 0.559 bits per heavy atom. The molecule has 11 aliphatic rings. The van der Waals surface area contributed by atoms with Gasteiger partial charge < -0.3 is 18.9 Å². The van der Waals surface area contributed by atoms with Gasteiger partial charge in [0.25, 0.3) is 0 Å². The van der Waals surface area contributed by atoms with E-state index in [-0.39, 0.29) is 18.1 Å². The molecule has 2 aliphatic heterocycles. The van der Waals surface area contributed by atoms with Crippen molar-refractivity contribution in [3.63, 3.8) is 0 Å². The highest BCUT2D eigenvalue weighted by atomic mass is 17.2. The summed E-state index contributed by atoms with van der Waals surface area (Å²) in [7, 11) is 0. The van der Waals surface area contributed by atoms with Crippen molar-refractivity contribution < 1.29 is 38.5 Å². The fraction of sp³-hybridized carbons (Fsp3) is 0.529. The number of hydrogen-bond donors (Lipinski definition) is 0. The van der Waals surface area contributed by atoms with E-state index in [0.29, 0.717) is 36.9 Å². The van der Waals surface area contributed by atoms with Gasteiger partial charge in [-0.15, -0.1) is 0 Å². The van der Waals surface area contributed by atoms with Crippen LogP contribution in [0.5, 0.6) is 17.2 Å². The highest BCUT2D eigenvalue weighted by molar-refractivity contribution is 5.68. The lowest BCUT2D eigenvalue weighted by Gasteiger charge is -2.60. The smallest absolute Gasteiger partial charge is 0.207 e. The lowest BCUT2D eigenvalue weighted by molar-refractivity contribution is -0.517. The maximum absolute atomic E-state index is 6.60. The van der Waals surface area contributed by atoms with Gasteiger partial charge in [-0.25, -0.2) is 9.78 Å². The Hall–Kier alpha value is -3.76. The molecule has 0 radical (unpaired) electrons. The van der Waals surface area contributed by atoms with E-state index in [1.54, 1.807) is 0 Å². The molecule has 0 N–H and O–H groups in total. The second-order valence-electron chi connectivity index (χ2n) is 19.8. The monoisotopic (exact) mass is 796 g/mol. The summed E-state index contributed by atoms with van der Waals surface area (Å²) in [4.78, 5) is 24.6. The molecule has 0 aromatic heterocycles. The van der Waals surface area contributed by atoms with Gasteiger partial charge >= 0.3 is 0 Å². The first-order chi connectivity index (χ1) is 28.8. The molecule has 2 saturated heterocycles. The van der Waals surface area contributed by atoms with Crippen LogP contribution < -0.4 is 9.47 Å². The minimum Gasteiger partial charge on any atom is -0.461 e. The number of hydrogen-bond acceptors (Lipinski definition) is 8. The summed E-state index contributed by atoms with van der Waals surface area (Å²) in [5.41, 5.74) is 6.05. The fourth-order valence-corrected chi connectivity index (χ4v) is 13.5. The summed E-state index contributed by atoms with van der Waals surface area (Å²) in [6, 6.07) is 22.4. The normalized spacial score (nSPS) is 39.9. The molecule has 2 spiro atoms. The van der Waals surface area contributed by atoms with Crippen molar-refractivity contribution in [3.05, 3.63) is 108 Å². The lowest BCUT2D eigenvalue weighted by atomic mass is 9.53. The Labute approximate surface area is 347 Å². The molecule has 8 nitrogen and oxygen atoms in total. The number of fused-ring (bicyclic) bond motifs is 1. The van der Waals surface area contributed by atoms with Crippen LogP contribution in [0.15, 0.2) is 85.6 Å². The van der Waals surface area contributed by atoms with E-state index in [4.69, 9.17) is 38.5 Å². The SMILES string of the molecule is C=C(c1ccc(OC2=Cc3cc(Oc4ccc(C(=C)C5COC6(OO5)C5CC7CC(C5)CC6C7)cc4)ccc3CC2C)cc1)C1COC2(OO1)C1CC3CC(C1)CC2C3. The Bertz CT molecular complexity index is 2090. The Morgan fingerprint density at radius 2 is 1.00 bits per heavy atom. The van der Waals surface area contributed by atoms with Crippen LogP contribution in [0.25, 0.3) is 17.2 Å². The highest BCUT2D eigenvalue weighted by Crippen LogP contribution is 2.62. The molecule has 8 heteroatoms. The third-order valence-corrected chi connectivity index (χ3v) is 16.2. The molecule has 59 heavy (non-hydrogen) atoms. The third kappa shape index (κ3) is 6.30. The Balaban J connectivity index is 0.659. The van der Waals surface area contributed by atoms with Crippen LogP contribution in [-0.2, 0) is 35.4 Å². The highest BCUT2D eigenvalue weighted by Gasteiger charge is 2.63. The largest absolute Gasteiger partial charge is 0.461 e. The van der Waals surface area contributed by atoms with Gasteiger partial charge in [0.05, 0.1) is 13.2 Å². The molecule has 8 saturated carbocycles. The van der Waals surface area contributed by atoms with Crippen molar-refractivity contribution in [2.45, 2.75) is 101 Å². The first kappa shape index (κ1) is 37.0. The zero-order valence-corrected chi connectivity index (χ0v) is 34.2. The van der Waals surface area contributed by atoms with E-state index in [1.807, 2.05) is 54.6 Å². The summed E-state index contributed by atoms with van der Waals surface area (Å²) in [6.07, 6.45) is 14.8. The van der Waals surface area contributed by atoms with Crippen molar-refractivity contribution in [2.75, 3.05) is 13.2 Å². The van der Waals surface area contributed by atoms with Gasteiger partial charge in [0.1, 0.15) is 35.2 Å². The maximum Gasteiger partial charge on any atom is 0.207 e. The van der Waals surface area contributed by atoms with E-state index in [2.05, 4.69) is 38.3 Å². The molecule has 8 bridgehead atoms. The number of allylic oxidation sites excluding steroid dienone is 1. The number of benzene rings is 3. The predicted octanol–water partition coefficient (Wildman–Crippen LogP) is 11.1. The lowest BCUT2D eigenvalue weighted by Crippen LogP contribution is -2.63. The first-order valence-corrected chi connectivity index (χ1v) is 22.5. The second kappa shape index (κ2) is 14.1. The molecule has 0 amide bonds. The van der Waals surface area contributed by atoms with E-state index >= 15 is 0 Å². The molecule has 3 aromatic carbocycles. The molecule has 14 rings (SSSR count). The third-order valence-electron chi connectivity index (χ3n) is 16.2. The zero-order chi connectivity index (χ0) is 39.5. The number of rotatable bonds is 8. The molecule has 9 aliphatic carbocycles. The molecule has 2 heterocycles. The van der Waals surface area contributed by atoms with Gasteiger partial charge in [-0.3, -0.25) is 0 Å². The van der Waals surface area contributed by atoms with Gasteiger partial charge in [-0.05, 0) is 170 Å². The Kier molecular flexibility index (Phi) is 8.88. The molecular weight excluding hydrogens is 741 g/mol. The molecule has 3 atom stereocenters. The minimum absolute atomic E-state index is 0.231. The van der Waals surface area contributed by atoms with Crippen LogP contribution in [0.3, 0.4) is 0 Å². The molecule has 308 valence electrons. The fourth-order valence-electron chi connectivity index (χ4n) is 13.5. The maximum atomic E-state index is 6.60. The van der Waals surface area contributed by atoms with Crippen LogP contribution in [0.1, 0.15) is 93.4 Å². The van der Waals surface area contributed by atoms with E-state index in [9.17, 15) is 0 Å². The predicted molar refractivity (Wildman–Crippen MR) is 222 cm³/mol. The molecular formula is C51H56O8. The zero-order valence-electron chi connectivity index (χ0n) is 34.2. The molecule has 3 unspecified atom stereocenters. The van der Waals surface area contributed by atoms with Gasteiger partial charge in [-0.1, -0.05) is 50.4 Å². The van der Waals surface area contributed by atoms with E-state index in [0.717, 1.165) is 80.9 Å². The average molecular weight is 797 g/mol. The minimum atomic E-state index is -0.562. The summed E-state index contributed by atoms with van der Waals surface area (Å²) in [5, 5.41) is 0. The standard InChI is InChI=1S/C51H56O8/c1-29-14-38-8-13-46(54-44-9-4-36(5-10-44)30(2)48-27-52-50(58-56-48)40-17-32-15-33(19-40)20-41(50)18-32)25-39(38)26-47(29)55-45-11-6-37(7-12-45)31(3)49-28-53-51(59-57-49)42-21-34-16-35(23-42)24-43(51)22-34/h4-13,25-26,29,32-35,40-43,48-49H,2-3,14-24,27-28H2,1H3. The summed E-state index contributed by atoms with van der Waals surface area (Å²) in [6.45, 7) is 11.9. The van der Waals surface area contributed by atoms with Crippen molar-refractivity contribution in [2.24, 2.45) is 53.3 Å². The second-order valence-corrected chi connectivity index (χ2v) is 19.8.